The molecule has 7 atom stereocenters. The molecule has 0 bridgehead atoms. The second-order valence-electron chi connectivity index (χ2n) is 20.8. The van der Waals surface area contributed by atoms with E-state index in [1.807, 2.05) is 0 Å². The number of para-hydroxylation sites is 3. The average molecular weight is 916 g/mol. The van der Waals surface area contributed by atoms with Crippen molar-refractivity contribution in [1.29, 1.82) is 0 Å². The molecule has 5 nitrogen and oxygen atoms in total. The van der Waals surface area contributed by atoms with Gasteiger partial charge in [-0.1, -0.05) is 158 Å². The van der Waals surface area contributed by atoms with Crippen LogP contribution in [0.1, 0.15) is 54.5 Å². The Morgan fingerprint density at radius 3 is 2.10 bits per heavy atom. The van der Waals surface area contributed by atoms with E-state index in [9.17, 15) is 0 Å². The number of nitrogens with zero attached hydrogens (tertiary/aromatic N) is 5. The fourth-order valence-corrected chi connectivity index (χ4v) is 14.6. The van der Waals surface area contributed by atoms with Crippen LogP contribution in [0.25, 0.3) is 44.5 Å². The van der Waals surface area contributed by atoms with Crippen LogP contribution in [0.3, 0.4) is 0 Å². The summed E-state index contributed by atoms with van der Waals surface area (Å²) >= 11 is 0. The number of fused-ring (bicyclic) bond motifs is 14. The standard InChI is InChI=1S/C66H53N5/c1-2-18-42(19-3-1)71-60-34-14-6-26-49(60)52-36-37-62-65(66(52)71)53-29-9-15-35-61(53)68(62)44-21-17-23-46(39-44)70-59-33-13-8-28-51(59)55-40-63-54(41-64(55)70)50-27-7-12-32-58(50)69(63)45-22-16-20-43(38-45)67-56-30-10-4-24-47(56)48-25-5-11-31-57(48)67/h1-10,12-14,16-30,32-34,36-37,39-41,43,49,51,59-60,62,65H,11,15,31,35,38H2. The molecule has 0 spiro atoms. The lowest BCUT2D eigenvalue weighted by molar-refractivity contribution is 0.598. The first-order valence-electron chi connectivity index (χ1n) is 26.0. The molecule has 3 aliphatic heterocycles. The van der Waals surface area contributed by atoms with Gasteiger partial charge in [-0.15, -0.1) is 0 Å². The van der Waals surface area contributed by atoms with E-state index in [1.165, 1.54) is 101 Å². The van der Waals surface area contributed by atoms with Crippen LogP contribution < -0.4 is 14.7 Å². The summed E-state index contributed by atoms with van der Waals surface area (Å²) in [6.45, 7) is 0. The van der Waals surface area contributed by atoms with Crippen molar-refractivity contribution < 1.29 is 0 Å². The van der Waals surface area contributed by atoms with Crippen LogP contribution in [0.5, 0.6) is 0 Å². The van der Waals surface area contributed by atoms with E-state index in [0.29, 0.717) is 5.92 Å². The maximum absolute atomic E-state index is 2.72. The average Bonchev–Trinajstić information content (AvgIpc) is 4.22. The third-order valence-corrected chi connectivity index (χ3v) is 17.3. The topological polar surface area (TPSA) is 19.6 Å². The van der Waals surface area contributed by atoms with Gasteiger partial charge in [0.05, 0.1) is 41.1 Å². The highest BCUT2D eigenvalue weighted by Gasteiger charge is 2.51. The molecule has 16 rings (SSSR count). The SMILES string of the molecule is C1=CC2C3=C(C4C5=C(CCC=C5)N(c5cccc(N6c7cc8c9ccccc9n(C9=CC=CC(n%10c%11c(c%12ccccc%12%10)C=CCC%11)C9)c8cc7C7C=CC=CC76)c5)C4C=C3)N(c3ccccc3)C2C=C1. The number of anilines is 4. The molecule has 0 amide bonds. The minimum absolute atomic E-state index is 0.170. The van der Waals surface area contributed by atoms with E-state index in [-0.39, 0.29) is 36.0 Å². The van der Waals surface area contributed by atoms with Crippen molar-refractivity contribution in [2.45, 2.75) is 62.2 Å². The Bertz CT molecular complexity index is 3810. The lowest BCUT2D eigenvalue weighted by Crippen LogP contribution is -2.40. The summed E-state index contributed by atoms with van der Waals surface area (Å²) < 4.78 is 5.24. The van der Waals surface area contributed by atoms with Gasteiger partial charge in [0.2, 0.25) is 0 Å². The van der Waals surface area contributed by atoms with Crippen molar-refractivity contribution in [3.05, 3.63) is 252 Å². The highest BCUT2D eigenvalue weighted by atomic mass is 15.3. The van der Waals surface area contributed by atoms with Crippen LogP contribution in [-0.2, 0) is 6.42 Å². The van der Waals surface area contributed by atoms with Crippen molar-refractivity contribution in [1.82, 2.24) is 9.13 Å². The zero-order valence-corrected chi connectivity index (χ0v) is 39.6. The molecule has 71 heavy (non-hydrogen) atoms. The molecule has 342 valence electrons. The summed E-state index contributed by atoms with van der Waals surface area (Å²) in [4.78, 5) is 8.04. The van der Waals surface area contributed by atoms with Gasteiger partial charge in [0.25, 0.3) is 0 Å². The molecule has 5 aromatic carbocycles. The molecule has 7 unspecified atom stereocenters. The number of aromatic nitrogens is 2. The lowest BCUT2D eigenvalue weighted by Gasteiger charge is -2.37. The molecule has 0 saturated carbocycles. The predicted octanol–water partition coefficient (Wildman–Crippen LogP) is 15.3. The van der Waals surface area contributed by atoms with E-state index in [4.69, 9.17) is 0 Å². The van der Waals surface area contributed by atoms with Crippen LogP contribution in [0, 0.1) is 11.8 Å². The van der Waals surface area contributed by atoms with Crippen molar-refractivity contribution in [3.63, 3.8) is 0 Å². The van der Waals surface area contributed by atoms with Crippen LogP contribution in [0.15, 0.2) is 235 Å². The van der Waals surface area contributed by atoms with E-state index in [1.54, 1.807) is 0 Å². The zero-order valence-electron chi connectivity index (χ0n) is 39.6. The molecule has 6 aliphatic carbocycles. The van der Waals surface area contributed by atoms with Crippen molar-refractivity contribution in [2.24, 2.45) is 11.8 Å². The Balaban J connectivity index is 0.800. The van der Waals surface area contributed by atoms with Gasteiger partial charge in [0.1, 0.15) is 0 Å². The quantitative estimate of drug-likeness (QED) is 0.172. The highest BCUT2D eigenvalue weighted by molar-refractivity contribution is 6.12. The first-order valence-corrected chi connectivity index (χ1v) is 26.0. The molecule has 0 radical (unpaired) electrons. The van der Waals surface area contributed by atoms with E-state index in [2.05, 4.69) is 242 Å². The number of benzene rings is 5. The number of hydrogen-bond acceptors (Lipinski definition) is 3. The third-order valence-electron chi connectivity index (χ3n) is 17.3. The predicted molar refractivity (Wildman–Crippen MR) is 295 cm³/mol. The van der Waals surface area contributed by atoms with Gasteiger partial charge in [-0.05, 0) is 103 Å². The van der Waals surface area contributed by atoms with Crippen LogP contribution in [0.2, 0.25) is 0 Å². The molecular formula is C66H53N5. The van der Waals surface area contributed by atoms with Crippen LogP contribution in [-0.4, -0.2) is 27.3 Å². The van der Waals surface area contributed by atoms with Gasteiger partial charge in [0, 0.05) is 91.0 Å². The summed E-state index contributed by atoms with van der Waals surface area (Å²) in [5.74, 6) is 0.804. The van der Waals surface area contributed by atoms with Gasteiger partial charge in [-0.25, -0.2) is 0 Å². The zero-order chi connectivity index (χ0) is 46.3. The third kappa shape index (κ3) is 5.63. The summed E-state index contributed by atoms with van der Waals surface area (Å²) in [6, 6.07) is 44.7. The van der Waals surface area contributed by atoms with E-state index < -0.39 is 0 Å². The Hall–Kier alpha value is -8.02. The molecule has 5 heteroatoms. The molecule has 0 saturated heterocycles. The van der Waals surface area contributed by atoms with E-state index >= 15 is 0 Å². The molecule has 0 fully saturated rings. The van der Waals surface area contributed by atoms with Crippen molar-refractivity contribution in [2.75, 3.05) is 14.7 Å². The molecule has 0 N–H and O–H groups in total. The summed E-state index contributed by atoms with van der Waals surface area (Å²) in [7, 11) is 0. The second kappa shape index (κ2) is 15.2. The first kappa shape index (κ1) is 39.8. The van der Waals surface area contributed by atoms with Gasteiger partial charge in [-0.3, -0.25) is 0 Å². The Morgan fingerprint density at radius 1 is 0.479 bits per heavy atom. The van der Waals surface area contributed by atoms with Crippen molar-refractivity contribution >= 4 is 67.2 Å². The summed E-state index contributed by atoms with van der Waals surface area (Å²) in [6.07, 6.45) is 45.6. The molecule has 7 aromatic rings. The van der Waals surface area contributed by atoms with Gasteiger partial charge >= 0.3 is 0 Å². The largest absolute Gasteiger partial charge is 0.337 e. The number of rotatable bonds is 5. The maximum Gasteiger partial charge on any atom is 0.0646 e. The summed E-state index contributed by atoms with van der Waals surface area (Å²) in [5, 5.41) is 3.97. The minimum Gasteiger partial charge on any atom is -0.337 e. The first-order chi connectivity index (χ1) is 35.3. The van der Waals surface area contributed by atoms with Crippen molar-refractivity contribution in [3.8, 4) is 0 Å². The minimum atomic E-state index is 0.170. The monoisotopic (exact) mass is 915 g/mol. The summed E-state index contributed by atoms with van der Waals surface area (Å²) in [5.41, 5.74) is 20.5. The molecular weight excluding hydrogens is 863 g/mol. The van der Waals surface area contributed by atoms with Crippen LogP contribution >= 0.6 is 0 Å². The van der Waals surface area contributed by atoms with Gasteiger partial charge in [0.15, 0.2) is 0 Å². The number of hydrogen-bond donors (Lipinski definition) is 0. The Kier molecular flexibility index (Phi) is 8.54. The fraction of sp³-hybridized carbons (Fsp3) is 0.182. The van der Waals surface area contributed by atoms with E-state index in [0.717, 1.165) is 32.1 Å². The van der Waals surface area contributed by atoms with Gasteiger partial charge < -0.3 is 23.8 Å². The molecule has 5 heterocycles. The van der Waals surface area contributed by atoms with Crippen LogP contribution in [0.4, 0.5) is 22.7 Å². The molecule has 2 aromatic heterocycles. The molecule has 9 aliphatic rings. The Labute approximate surface area is 415 Å². The second-order valence-corrected chi connectivity index (χ2v) is 20.8. The fourth-order valence-electron chi connectivity index (χ4n) is 14.6. The highest BCUT2D eigenvalue weighted by Crippen LogP contribution is 2.56. The normalized spacial score (nSPS) is 26.2. The Morgan fingerprint density at radius 2 is 1.21 bits per heavy atom. The smallest absolute Gasteiger partial charge is 0.0646 e. The van der Waals surface area contributed by atoms with Gasteiger partial charge in [-0.2, -0.15) is 0 Å². The lowest BCUT2D eigenvalue weighted by atomic mass is 9.80. The maximum atomic E-state index is 2.72. The number of allylic oxidation sites excluding steroid dienone is 13.